The highest BCUT2D eigenvalue weighted by atomic mass is 16.7. The molecule has 6 heteroatoms. The van der Waals surface area contributed by atoms with Gasteiger partial charge in [0.2, 0.25) is 0 Å². The van der Waals surface area contributed by atoms with Gasteiger partial charge in [0.1, 0.15) is 24.4 Å². The lowest BCUT2D eigenvalue weighted by Crippen LogP contribution is -2.60. The van der Waals surface area contributed by atoms with Gasteiger partial charge in [-0.1, -0.05) is 91.0 Å². The maximum atomic E-state index is 11.1. The van der Waals surface area contributed by atoms with E-state index >= 15 is 0 Å². The minimum atomic E-state index is -1.26. The van der Waals surface area contributed by atoms with E-state index in [0.29, 0.717) is 6.61 Å². The molecule has 174 valence electrons. The van der Waals surface area contributed by atoms with Crippen LogP contribution < -0.4 is 0 Å². The molecule has 0 unspecified atom stereocenters. The molecule has 1 aliphatic rings. The van der Waals surface area contributed by atoms with E-state index in [1.54, 1.807) is 0 Å². The molecule has 0 radical (unpaired) electrons. The molecule has 0 aliphatic carbocycles. The third-order valence-corrected chi connectivity index (χ3v) is 5.60. The first-order valence-corrected chi connectivity index (χ1v) is 11.1. The molecule has 1 aliphatic heterocycles. The van der Waals surface area contributed by atoms with Crippen molar-refractivity contribution in [2.75, 3.05) is 6.61 Å². The van der Waals surface area contributed by atoms with Gasteiger partial charge in [0.25, 0.3) is 0 Å². The zero-order valence-electron chi connectivity index (χ0n) is 18.4. The Bertz CT molecular complexity index is 937. The molecule has 1 fully saturated rings. The van der Waals surface area contributed by atoms with E-state index in [4.69, 9.17) is 18.9 Å². The van der Waals surface area contributed by atoms with Gasteiger partial charge >= 0.3 is 0 Å². The van der Waals surface area contributed by atoms with Gasteiger partial charge < -0.3 is 29.2 Å². The quantitative estimate of drug-likeness (QED) is 0.493. The van der Waals surface area contributed by atoms with Gasteiger partial charge in [-0.15, -0.1) is 0 Å². The molecule has 3 aromatic carbocycles. The summed E-state index contributed by atoms with van der Waals surface area (Å²) in [4.78, 5) is 0. The Kier molecular flexibility index (Phi) is 8.60. The largest absolute Gasteiger partial charge is 0.387 e. The maximum absolute atomic E-state index is 11.1. The number of hydrogen-bond acceptors (Lipinski definition) is 6. The van der Waals surface area contributed by atoms with Crippen LogP contribution in [0.1, 0.15) is 16.7 Å². The Morgan fingerprint density at radius 2 is 1.06 bits per heavy atom. The summed E-state index contributed by atoms with van der Waals surface area (Å²) in [5.74, 6) is 0. The summed E-state index contributed by atoms with van der Waals surface area (Å²) in [6.45, 7) is 1.04. The fraction of sp³-hybridized carbons (Fsp3) is 0.333. The summed E-state index contributed by atoms with van der Waals surface area (Å²) in [6, 6.07) is 29.1. The standard InChI is InChI=1S/C27H30O6/c28-24-23(19-30-16-20-10-4-1-5-11-20)33-27(29)26(32-18-22-14-8-3-9-15-22)25(24)31-17-21-12-6-2-7-13-21/h1-15,23-29H,16-19H2/t23-,24-,25+,26-,27+/m1/s1. The fourth-order valence-electron chi connectivity index (χ4n) is 3.81. The fourth-order valence-corrected chi connectivity index (χ4v) is 3.81. The Morgan fingerprint density at radius 3 is 1.58 bits per heavy atom. The number of ether oxygens (including phenoxy) is 4. The highest BCUT2D eigenvalue weighted by Crippen LogP contribution is 2.27. The van der Waals surface area contributed by atoms with Crippen molar-refractivity contribution in [2.45, 2.75) is 50.5 Å². The molecular formula is C27H30O6. The Morgan fingerprint density at radius 1 is 0.606 bits per heavy atom. The summed E-state index contributed by atoms with van der Waals surface area (Å²) in [5, 5.41) is 21.8. The van der Waals surface area contributed by atoms with Crippen LogP contribution in [0.4, 0.5) is 0 Å². The van der Waals surface area contributed by atoms with Crippen molar-refractivity contribution in [3.8, 4) is 0 Å². The summed E-state index contributed by atoms with van der Waals surface area (Å²) < 4.78 is 23.5. The summed E-state index contributed by atoms with van der Waals surface area (Å²) in [6.07, 6.45) is -4.68. The van der Waals surface area contributed by atoms with Gasteiger partial charge in [0.15, 0.2) is 6.29 Å². The molecule has 0 saturated carbocycles. The van der Waals surface area contributed by atoms with Crippen molar-refractivity contribution in [1.82, 2.24) is 0 Å². The van der Waals surface area contributed by atoms with E-state index in [0.717, 1.165) is 16.7 Å². The zero-order chi connectivity index (χ0) is 22.9. The molecule has 0 bridgehead atoms. The van der Waals surface area contributed by atoms with Gasteiger partial charge in [-0.25, -0.2) is 0 Å². The number of rotatable bonds is 10. The second kappa shape index (κ2) is 12.0. The first-order chi connectivity index (χ1) is 16.2. The molecule has 0 aromatic heterocycles. The van der Waals surface area contributed by atoms with E-state index in [-0.39, 0.29) is 19.8 Å². The van der Waals surface area contributed by atoms with Gasteiger partial charge in [-0.2, -0.15) is 0 Å². The lowest BCUT2D eigenvalue weighted by Gasteiger charge is -2.42. The van der Waals surface area contributed by atoms with Crippen LogP contribution in [0, 0.1) is 0 Å². The van der Waals surface area contributed by atoms with Crippen molar-refractivity contribution in [3.63, 3.8) is 0 Å². The van der Waals surface area contributed by atoms with E-state index in [1.807, 2.05) is 91.0 Å². The van der Waals surface area contributed by atoms with Gasteiger partial charge in [0, 0.05) is 0 Å². The summed E-state index contributed by atoms with van der Waals surface area (Å²) in [7, 11) is 0. The van der Waals surface area contributed by atoms with Gasteiger partial charge in [-0.05, 0) is 16.7 Å². The molecule has 1 heterocycles. The van der Waals surface area contributed by atoms with Crippen LogP contribution in [0.3, 0.4) is 0 Å². The molecule has 3 aromatic rings. The SMILES string of the molecule is O[C@H]1[C@H](OCc2ccccc2)[C@@H](OCc2ccccc2)[C@@H](O)O[C@@H]1COCc1ccccc1. The predicted molar refractivity (Wildman–Crippen MR) is 123 cm³/mol. The van der Waals surface area contributed by atoms with E-state index in [9.17, 15) is 10.2 Å². The van der Waals surface area contributed by atoms with Crippen molar-refractivity contribution in [3.05, 3.63) is 108 Å². The van der Waals surface area contributed by atoms with Crippen LogP contribution in [-0.2, 0) is 38.8 Å². The Hall–Kier alpha value is -2.58. The lowest BCUT2D eigenvalue weighted by atomic mass is 9.98. The third kappa shape index (κ3) is 6.71. The number of aliphatic hydroxyl groups excluding tert-OH is 2. The van der Waals surface area contributed by atoms with Crippen molar-refractivity contribution in [1.29, 1.82) is 0 Å². The summed E-state index contributed by atoms with van der Waals surface area (Å²) >= 11 is 0. The maximum Gasteiger partial charge on any atom is 0.184 e. The molecule has 2 N–H and O–H groups in total. The number of hydrogen-bond donors (Lipinski definition) is 2. The van der Waals surface area contributed by atoms with Crippen molar-refractivity contribution in [2.24, 2.45) is 0 Å². The topological polar surface area (TPSA) is 77.4 Å². The third-order valence-electron chi connectivity index (χ3n) is 5.60. The molecule has 6 nitrogen and oxygen atoms in total. The minimum absolute atomic E-state index is 0.115. The Balaban J connectivity index is 1.41. The van der Waals surface area contributed by atoms with Gasteiger partial charge in [0.05, 0.1) is 26.4 Å². The van der Waals surface area contributed by atoms with Crippen LogP contribution in [-0.4, -0.2) is 47.5 Å². The van der Waals surface area contributed by atoms with Crippen LogP contribution in [0.15, 0.2) is 91.0 Å². The van der Waals surface area contributed by atoms with Crippen LogP contribution in [0.2, 0.25) is 0 Å². The molecular weight excluding hydrogens is 420 g/mol. The molecule has 1 saturated heterocycles. The first-order valence-electron chi connectivity index (χ1n) is 11.1. The van der Waals surface area contributed by atoms with Crippen molar-refractivity contribution < 1.29 is 29.2 Å². The highest BCUT2D eigenvalue weighted by Gasteiger charge is 2.46. The average molecular weight is 451 g/mol. The highest BCUT2D eigenvalue weighted by molar-refractivity contribution is 5.15. The second-order valence-corrected chi connectivity index (χ2v) is 8.08. The predicted octanol–water partition coefficient (Wildman–Crippen LogP) is 3.45. The molecule has 0 amide bonds. The zero-order valence-corrected chi connectivity index (χ0v) is 18.4. The molecule has 4 rings (SSSR count). The van der Waals surface area contributed by atoms with E-state index in [1.165, 1.54) is 0 Å². The smallest absolute Gasteiger partial charge is 0.184 e. The van der Waals surface area contributed by atoms with Crippen LogP contribution >= 0.6 is 0 Å². The molecule has 0 spiro atoms. The van der Waals surface area contributed by atoms with Gasteiger partial charge in [-0.3, -0.25) is 0 Å². The minimum Gasteiger partial charge on any atom is -0.387 e. The lowest BCUT2D eigenvalue weighted by molar-refractivity contribution is -0.309. The van der Waals surface area contributed by atoms with E-state index in [2.05, 4.69) is 0 Å². The monoisotopic (exact) mass is 450 g/mol. The van der Waals surface area contributed by atoms with Crippen LogP contribution in [0.25, 0.3) is 0 Å². The van der Waals surface area contributed by atoms with E-state index < -0.39 is 30.7 Å². The molecule has 33 heavy (non-hydrogen) atoms. The second-order valence-electron chi connectivity index (χ2n) is 8.08. The number of benzene rings is 3. The average Bonchev–Trinajstić information content (AvgIpc) is 2.86. The first kappa shape index (κ1) is 23.6. The Labute approximate surface area is 194 Å². The van der Waals surface area contributed by atoms with Crippen molar-refractivity contribution >= 4 is 0 Å². The van der Waals surface area contributed by atoms with Crippen LogP contribution in [0.5, 0.6) is 0 Å². The molecule has 5 atom stereocenters. The normalized spacial score (nSPS) is 25.1. The number of aliphatic hydroxyl groups is 2. The summed E-state index contributed by atoms with van der Waals surface area (Å²) in [5.41, 5.74) is 2.93.